The van der Waals surface area contributed by atoms with Crippen LogP contribution in [0.25, 0.3) is 0 Å². The lowest BCUT2D eigenvalue weighted by Gasteiger charge is -2.34. The molecule has 1 aliphatic rings. The molecule has 1 N–H and O–H groups in total. The van der Waals surface area contributed by atoms with Crippen LogP contribution in [0, 0.1) is 18.3 Å². The minimum atomic E-state index is -0.823. The zero-order valence-electron chi connectivity index (χ0n) is 10.3. The molecule has 5 heteroatoms. The van der Waals surface area contributed by atoms with Crippen molar-refractivity contribution in [3.8, 4) is 6.07 Å². The lowest BCUT2D eigenvalue weighted by molar-refractivity contribution is -0.139. The molecule has 1 aliphatic heterocycles. The van der Waals surface area contributed by atoms with Crippen LogP contribution in [0.15, 0.2) is 12.1 Å². The maximum Gasteiger partial charge on any atom is 0.326 e. The first-order valence-corrected chi connectivity index (χ1v) is 6.00. The average Bonchev–Trinajstić information content (AvgIpc) is 2.38. The standard InChI is InChI=1S/C13H15N3O2/c1-9-6-10(8-14)7-12(15-9)16-5-3-2-4-11(16)13(17)18/h6-7,11H,2-5H2,1H3,(H,17,18). The van der Waals surface area contributed by atoms with Gasteiger partial charge in [0.25, 0.3) is 0 Å². The number of hydrogen-bond donors (Lipinski definition) is 1. The van der Waals surface area contributed by atoms with E-state index in [9.17, 15) is 9.90 Å². The summed E-state index contributed by atoms with van der Waals surface area (Å²) in [4.78, 5) is 17.4. The molecule has 0 saturated carbocycles. The van der Waals surface area contributed by atoms with Crippen molar-refractivity contribution in [1.29, 1.82) is 5.26 Å². The highest BCUT2D eigenvalue weighted by Crippen LogP contribution is 2.24. The summed E-state index contributed by atoms with van der Waals surface area (Å²) in [5.74, 6) is -0.227. The van der Waals surface area contributed by atoms with Gasteiger partial charge in [0, 0.05) is 12.2 Å². The van der Waals surface area contributed by atoms with E-state index in [-0.39, 0.29) is 0 Å². The summed E-state index contributed by atoms with van der Waals surface area (Å²) in [6, 6.07) is 4.91. The van der Waals surface area contributed by atoms with Crippen LogP contribution in [0.4, 0.5) is 5.82 Å². The molecule has 1 atom stereocenters. The van der Waals surface area contributed by atoms with Crippen molar-refractivity contribution < 1.29 is 9.90 Å². The minimum Gasteiger partial charge on any atom is -0.480 e. The topological polar surface area (TPSA) is 77.2 Å². The Hall–Kier alpha value is -2.09. The quantitative estimate of drug-likeness (QED) is 0.858. The highest BCUT2D eigenvalue weighted by molar-refractivity contribution is 5.78. The molecule has 0 bridgehead atoms. The average molecular weight is 245 g/mol. The first kappa shape index (κ1) is 12.4. The van der Waals surface area contributed by atoms with Gasteiger partial charge in [-0.1, -0.05) is 0 Å². The molecule has 1 aromatic rings. The molecule has 1 unspecified atom stereocenters. The van der Waals surface area contributed by atoms with E-state index in [1.54, 1.807) is 17.0 Å². The lowest BCUT2D eigenvalue weighted by Crippen LogP contribution is -2.45. The second-order valence-electron chi connectivity index (χ2n) is 4.51. The smallest absolute Gasteiger partial charge is 0.326 e. The summed E-state index contributed by atoms with van der Waals surface area (Å²) in [6.07, 6.45) is 2.51. The zero-order chi connectivity index (χ0) is 13.1. The van der Waals surface area contributed by atoms with Crippen LogP contribution in [-0.4, -0.2) is 28.6 Å². The number of rotatable bonds is 2. The molecular weight excluding hydrogens is 230 g/mol. The van der Waals surface area contributed by atoms with Crippen molar-refractivity contribution in [2.24, 2.45) is 0 Å². The number of aliphatic carboxylic acids is 1. The Labute approximate surface area is 106 Å². The third-order valence-electron chi connectivity index (χ3n) is 3.15. The Morgan fingerprint density at radius 2 is 2.33 bits per heavy atom. The van der Waals surface area contributed by atoms with Crippen LogP contribution in [-0.2, 0) is 4.79 Å². The summed E-state index contributed by atoms with van der Waals surface area (Å²) in [5.41, 5.74) is 1.26. The van der Waals surface area contributed by atoms with Crippen molar-refractivity contribution in [3.63, 3.8) is 0 Å². The number of piperidine rings is 1. The molecular formula is C13H15N3O2. The van der Waals surface area contributed by atoms with Gasteiger partial charge in [0.15, 0.2) is 0 Å². The third-order valence-corrected chi connectivity index (χ3v) is 3.15. The SMILES string of the molecule is Cc1cc(C#N)cc(N2CCCCC2C(=O)O)n1. The Kier molecular flexibility index (Phi) is 3.47. The molecule has 5 nitrogen and oxygen atoms in total. The second kappa shape index (κ2) is 5.05. The first-order chi connectivity index (χ1) is 8.61. The normalized spacial score (nSPS) is 19.3. The fourth-order valence-electron chi connectivity index (χ4n) is 2.33. The summed E-state index contributed by atoms with van der Waals surface area (Å²) in [5, 5.41) is 18.2. The Morgan fingerprint density at radius 3 is 3.00 bits per heavy atom. The number of aromatic nitrogens is 1. The predicted molar refractivity (Wildman–Crippen MR) is 66.3 cm³/mol. The number of carboxylic acids is 1. The maximum atomic E-state index is 11.2. The van der Waals surface area contributed by atoms with Crippen molar-refractivity contribution in [2.75, 3.05) is 11.4 Å². The van der Waals surface area contributed by atoms with Gasteiger partial charge in [-0.2, -0.15) is 5.26 Å². The van der Waals surface area contributed by atoms with Gasteiger partial charge in [-0.3, -0.25) is 0 Å². The summed E-state index contributed by atoms with van der Waals surface area (Å²) < 4.78 is 0. The minimum absolute atomic E-state index is 0.521. The van der Waals surface area contributed by atoms with Gasteiger partial charge in [-0.05, 0) is 38.3 Å². The molecule has 0 aromatic carbocycles. The molecule has 94 valence electrons. The maximum absolute atomic E-state index is 11.2. The van der Waals surface area contributed by atoms with Gasteiger partial charge in [0.05, 0.1) is 11.6 Å². The monoisotopic (exact) mass is 245 g/mol. The van der Waals surface area contributed by atoms with E-state index >= 15 is 0 Å². The largest absolute Gasteiger partial charge is 0.480 e. The van der Waals surface area contributed by atoms with E-state index in [1.165, 1.54) is 0 Å². The van der Waals surface area contributed by atoms with Crippen molar-refractivity contribution >= 4 is 11.8 Å². The second-order valence-corrected chi connectivity index (χ2v) is 4.51. The number of hydrogen-bond acceptors (Lipinski definition) is 4. The van der Waals surface area contributed by atoms with Crippen molar-refractivity contribution in [3.05, 3.63) is 23.4 Å². The first-order valence-electron chi connectivity index (χ1n) is 6.00. The molecule has 0 amide bonds. The lowest BCUT2D eigenvalue weighted by atomic mass is 10.0. The molecule has 0 aliphatic carbocycles. The van der Waals surface area contributed by atoms with Crippen molar-refractivity contribution in [2.45, 2.75) is 32.2 Å². The van der Waals surface area contributed by atoms with E-state index in [0.29, 0.717) is 24.3 Å². The van der Waals surface area contributed by atoms with Gasteiger partial charge in [-0.15, -0.1) is 0 Å². The van der Waals surface area contributed by atoms with Gasteiger partial charge in [0.2, 0.25) is 0 Å². The molecule has 18 heavy (non-hydrogen) atoms. The molecule has 0 spiro atoms. The van der Waals surface area contributed by atoms with E-state index in [1.807, 2.05) is 6.92 Å². The van der Waals surface area contributed by atoms with Crippen molar-refractivity contribution in [1.82, 2.24) is 4.98 Å². The molecule has 1 saturated heterocycles. The Morgan fingerprint density at radius 1 is 1.56 bits per heavy atom. The molecule has 2 rings (SSSR count). The van der Waals surface area contributed by atoms with Gasteiger partial charge in [0.1, 0.15) is 11.9 Å². The Bertz CT molecular complexity index is 507. The number of nitrogens with zero attached hydrogens (tertiary/aromatic N) is 3. The Balaban J connectivity index is 2.36. The molecule has 1 fully saturated rings. The highest BCUT2D eigenvalue weighted by Gasteiger charge is 2.29. The van der Waals surface area contributed by atoms with E-state index < -0.39 is 12.0 Å². The summed E-state index contributed by atoms with van der Waals surface area (Å²) >= 11 is 0. The van der Waals surface area contributed by atoms with E-state index in [0.717, 1.165) is 18.5 Å². The van der Waals surface area contributed by atoms with Crippen LogP contribution < -0.4 is 4.90 Å². The van der Waals surface area contributed by atoms with Crippen LogP contribution >= 0.6 is 0 Å². The predicted octanol–water partition coefficient (Wildman–Crippen LogP) is 1.71. The van der Waals surface area contributed by atoms with Crippen LogP contribution in [0.1, 0.15) is 30.5 Å². The van der Waals surface area contributed by atoms with Crippen LogP contribution in [0.2, 0.25) is 0 Å². The molecule has 0 radical (unpaired) electrons. The number of carbonyl (C=O) groups is 1. The number of pyridine rings is 1. The van der Waals surface area contributed by atoms with Crippen LogP contribution in [0.3, 0.4) is 0 Å². The highest BCUT2D eigenvalue weighted by atomic mass is 16.4. The number of aryl methyl sites for hydroxylation is 1. The zero-order valence-corrected chi connectivity index (χ0v) is 10.3. The summed E-state index contributed by atoms with van der Waals surface area (Å²) in [7, 11) is 0. The third kappa shape index (κ3) is 2.43. The number of nitriles is 1. The number of carboxylic acid groups (broad SMARTS) is 1. The fraction of sp³-hybridized carbons (Fsp3) is 0.462. The van der Waals surface area contributed by atoms with Gasteiger partial charge >= 0.3 is 5.97 Å². The fourth-order valence-corrected chi connectivity index (χ4v) is 2.33. The molecule has 1 aromatic heterocycles. The molecule has 2 heterocycles. The van der Waals surface area contributed by atoms with E-state index in [4.69, 9.17) is 5.26 Å². The van der Waals surface area contributed by atoms with Crippen LogP contribution in [0.5, 0.6) is 0 Å². The summed E-state index contributed by atoms with van der Waals surface area (Å²) in [6.45, 7) is 2.49. The van der Waals surface area contributed by atoms with Gasteiger partial charge in [-0.25, -0.2) is 9.78 Å². The van der Waals surface area contributed by atoms with Gasteiger partial charge < -0.3 is 10.0 Å². The number of anilines is 1. The van der Waals surface area contributed by atoms with E-state index in [2.05, 4.69) is 11.1 Å².